The fraction of sp³-hybridized carbons (Fsp3) is 0.250. The fourth-order valence-corrected chi connectivity index (χ4v) is 2.80. The Kier molecular flexibility index (Phi) is 6.70. The SMILES string of the molecule is CC(=O)Nc1ccc(OC[C@@H](O)CSc2ncccc2Cl)cc1. The van der Waals surface area contributed by atoms with E-state index in [1.54, 1.807) is 42.6 Å². The maximum absolute atomic E-state index is 10.9. The smallest absolute Gasteiger partial charge is 0.221 e. The van der Waals surface area contributed by atoms with Crippen molar-refractivity contribution in [1.29, 1.82) is 0 Å². The Morgan fingerprint density at radius 3 is 2.78 bits per heavy atom. The van der Waals surface area contributed by atoms with Crippen molar-refractivity contribution in [2.24, 2.45) is 0 Å². The summed E-state index contributed by atoms with van der Waals surface area (Å²) >= 11 is 7.38. The van der Waals surface area contributed by atoms with Gasteiger partial charge in [0, 0.05) is 24.6 Å². The molecule has 0 bridgehead atoms. The molecule has 0 spiro atoms. The van der Waals surface area contributed by atoms with Crippen LogP contribution in [0.3, 0.4) is 0 Å². The van der Waals surface area contributed by atoms with E-state index in [9.17, 15) is 9.90 Å². The lowest BCUT2D eigenvalue weighted by Crippen LogP contribution is -2.20. The molecule has 122 valence electrons. The standard InChI is InChI=1S/C16H17ClN2O3S/c1-11(20)19-12-4-6-14(7-5-12)22-9-13(21)10-23-16-15(17)3-2-8-18-16/h2-8,13,21H,9-10H2,1H3,(H,19,20)/t13-/m1/s1. The number of nitrogens with one attached hydrogen (secondary N) is 1. The molecule has 0 saturated carbocycles. The average Bonchev–Trinajstić information content (AvgIpc) is 2.53. The van der Waals surface area contributed by atoms with Gasteiger partial charge in [-0.1, -0.05) is 11.6 Å². The molecule has 0 aliphatic carbocycles. The first-order chi connectivity index (χ1) is 11.0. The molecular formula is C16H17ClN2O3S. The third-order valence-corrected chi connectivity index (χ3v) is 4.32. The van der Waals surface area contributed by atoms with E-state index >= 15 is 0 Å². The zero-order valence-corrected chi connectivity index (χ0v) is 14.1. The predicted molar refractivity (Wildman–Crippen MR) is 92.2 cm³/mol. The molecule has 0 radical (unpaired) electrons. The summed E-state index contributed by atoms with van der Waals surface area (Å²) < 4.78 is 5.52. The Hall–Kier alpha value is -1.76. The van der Waals surface area contributed by atoms with Gasteiger partial charge in [-0.2, -0.15) is 0 Å². The second kappa shape index (κ2) is 8.76. The van der Waals surface area contributed by atoms with E-state index in [1.807, 2.05) is 0 Å². The molecule has 7 heteroatoms. The first-order valence-corrected chi connectivity index (χ1v) is 8.33. The average molecular weight is 353 g/mol. The van der Waals surface area contributed by atoms with Gasteiger partial charge in [0.15, 0.2) is 0 Å². The molecule has 1 aromatic carbocycles. The van der Waals surface area contributed by atoms with Crippen LogP contribution in [-0.2, 0) is 4.79 Å². The second-order valence-corrected chi connectivity index (χ2v) is 6.19. The van der Waals surface area contributed by atoms with Crippen LogP contribution < -0.4 is 10.1 Å². The minimum atomic E-state index is -0.645. The number of pyridine rings is 1. The van der Waals surface area contributed by atoms with Gasteiger partial charge in [-0.15, -0.1) is 11.8 Å². The van der Waals surface area contributed by atoms with Crippen LogP contribution in [0.25, 0.3) is 0 Å². The van der Waals surface area contributed by atoms with Gasteiger partial charge in [0.25, 0.3) is 0 Å². The summed E-state index contributed by atoms with van der Waals surface area (Å²) in [5.41, 5.74) is 0.700. The third-order valence-electron chi connectivity index (χ3n) is 2.75. The number of aromatic nitrogens is 1. The van der Waals surface area contributed by atoms with Crippen LogP contribution in [-0.4, -0.2) is 34.5 Å². The van der Waals surface area contributed by atoms with E-state index in [0.29, 0.717) is 27.2 Å². The first kappa shape index (κ1) is 17.6. The van der Waals surface area contributed by atoms with Crippen LogP contribution in [0, 0.1) is 0 Å². The number of amides is 1. The molecule has 0 aliphatic rings. The lowest BCUT2D eigenvalue weighted by atomic mass is 10.3. The van der Waals surface area contributed by atoms with Gasteiger partial charge in [0.2, 0.25) is 5.91 Å². The normalized spacial score (nSPS) is 11.8. The number of hydrogen-bond acceptors (Lipinski definition) is 5. The van der Waals surface area contributed by atoms with E-state index in [2.05, 4.69) is 10.3 Å². The van der Waals surface area contributed by atoms with Crippen molar-refractivity contribution < 1.29 is 14.6 Å². The summed E-state index contributed by atoms with van der Waals surface area (Å²) in [7, 11) is 0. The van der Waals surface area contributed by atoms with Crippen LogP contribution in [0.2, 0.25) is 5.02 Å². The number of aliphatic hydroxyl groups excluding tert-OH is 1. The quantitative estimate of drug-likeness (QED) is 0.748. The van der Waals surface area contributed by atoms with Crippen molar-refractivity contribution in [3.63, 3.8) is 0 Å². The molecule has 0 aliphatic heterocycles. The van der Waals surface area contributed by atoms with Gasteiger partial charge in [-0.05, 0) is 36.4 Å². The summed E-state index contributed by atoms with van der Waals surface area (Å²) in [6.07, 6.45) is 1.02. The van der Waals surface area contributed by atoms with Crippen LogP contribution in [0.4, 0.5) is 5.69 Å². The Balaban J connectivity index is 1.76. The zero-order valence-electron chi connectivity index (χ0n) is 12.5. The maximum Gasteiger partial charge on any atom is 0.221 e. The monoisotopic (exact) mass is 352 g/mol. The molecule has 0 fully saturated rings. The largest absolute Gasteiger partial charge is 0.491 e. The number of carbonyl (C=O) groups excluding carboxylic acids is 1. The van der Waals surface area contributed by atoms with E-state index in [1.165, 1.54) is 18.7 Å². The number of nitrogens with zero attached hydrogens (tertiary/aromatic N) is 1. The number of halogens is 1. The number of carbonyl (C=O) groups is 1. The molecule has 1 aromatic heterocycles. The van der Waals surface area contributed by atoms with Crippen molar-refractivity contribution >= 4 is 35.0 Å². The van der Waals surface area contributed by atoms with Crippen LogP contribution >= 0.6 is 23.4 Å². The van der Waals surface area contributed by atoms with Crippen molar-refractivity contribution in [2.45, 2.75) is 18.1 Å². The maximum atomic E-state index is 10.9. The summed E-state index contributed by atoms with van der Waals surface area (Å²) in [6, 6.07) is 10.5. The van der Waals surface area contributed by atoms with Gasteiger partial charge in [-0.3, -0.25) is 4.79 Å². The molecule has 2 aromatic rings. The minimum absolute atomic E-state index is 0.126. The van der Waals surface area contributed by atoms with E-state index in [4.69, 9.17) is 16.3 Å². The van der Waals surface area contributed by atoms with Crippen LogP contribution in [0.1, 0.15) is 6.92 Å². The molecule has 1 heterocycles. The highest BCUT2D eigenvalue weighted by atomic mass is 35.5. The van der Waals surface area contributed by atoms with Gasteiger partial charge < -0.3 is 15.2 Å². The molecular weight excluding hydrogens is 336 g/mol. The predicted octanol–water partition coefficient (Wildman–Crippen LogP) is 3.23. The topological polar surface area (TPSA) is 71.5 Å². The highest BCUT2D eigenvalue weighted by Gasteiger charge is 2.09. The molecule has 1 atom stereocenters. The summed E-state index contributed by atoms with van der Waals surface area (Å²) in [5.74, 6) is 0.930. The highest BCUT2D eigenvalue weighted by Crippen LogP contribution is 2.24. The van der Waals surface area contributed by atoms with E-state index in [0.717, 1.165) is 0 Å². The van der Waals surface area contributed by atoms with Crippen molar-refractivity contribution in [1.82, 2.24) is 4.98 Å². The molecule has 5 nitrogen and oxygen atoms in total. The Labute approximate surface area is 144 Å². The Bertz CT molecular complexity index is 652. The van der Waals surface area contributed by atoms with Gasteiger partial charge >= 0.3 is 0 Å². The number of hydrogen-bond donors (Lipinski definition) is 2. The molecule has 2 rings (SSSR count). The third kappa shape index (κ3) is 6.09. The Morgan fingerprint density at radius 2 is 2.13 bits per heavy atom. The fourth-order valence-electron chi connectivity index (χ4n) is 1.73. The van der Waals surface area contributed by atoms with E-state index in [-0.39, 0.29) is 12.5 Å². The number of benzene rings is 1. The van der Waals surface area contributed by atoms with Gasteiger partial charge in [-0.25, -0.2) is 4.98 Å². The molecule has 1 amide bonds. The Morgan fingerprint density at radius 1 is 1.39 bits per heavy atom. The summed E-state index contributed by atoms with van der Waals surface area (Å²) in [6.45, 7) is 1.61. The molecule has 0 unspecified atom stereocenters. The first-order valence-electron chi connectivity index (χ1n) is 6.96. The van der Waals surface area contributed by atoms with Crippen molar-refractivity contribution in [3.8, 4) is 5.75 Å². The van der Waals surface area contributed by atoms with Gasteiger partial charge in [0.05, 0.1) is 11.1 Å². The lowest BCUT2D eigenvalue weighted by Gasteiger charge is -2.12. The van der Waals surface area contributed by atoms with Crippen LogP contribution in [0.15, 0.2) is 47.6 Å². The molecule has 2 N–H and O–H groups in total. The highest BCUT2D eigenvalue weighted by molar-refractivity contribution is 7.99. The number of aliphatic hydroxyl groups is 1. The lowest BCUT2D eigenvalue weighted by molar-refractivity contribution is -0.114. The minimum Gasteiger partial charge on any atom is -0.491 e. The second-order valence-electron chi connectivity index (χ2n) is 4.77. The summed E-state index contributed by atoms with van der Waals surface area (Å²) in [4.78, 5) is 15.1. The van der Waals surface area contributed by atoms with Crippen molar-refractivity contribution in [2.75, 3.05) is 17.7 Å². The molecule has 23 heavy (non-hydrogen) atoms. The number of ether oxygens (including phenoxy) is 1. The van der Waals surface area contributed by atoms with Gasteiger partial charge in [0.1, 0.15) is 17.4 Å². The van der Waals surface area contributed by atoms with Crippen LogP contribution in [0.5, 0.6) is 5.75 Å². The number of thioether (sulfide) groups is 1. The van der Waals surface area contributed by atoms with E-state index < -0.39 is 6.10 Å². The zero-order chi connectivity index (χ0) is 16.7. The summed E-state index contributed by atoms with van der Waals surface area (Å²) in [5, 5.41) is 13.9. The van der Waals surface area contributed by atoms with Crippen molar-refractivity contribution in [3.05, 3.63) is 47.6 Å². The number of anilines is 1. The number of rotatable bonds is 7. The molecule has 0 saturated heterocycles.